The Morgan fingerprint density at radius 3 is 2.76 bits per heavy atom. The Labute approximate surface area is 108 Å². The second kappa shape index (κ2) is 7.72. The first-order chi connectivity index (χ1) is 8.15. The van der Waals surface area contributed by atoms with Crippen molar-refractivity contribution in [1.29, 1.82) is 0 Å². The molecule has 0 atom stereocenters. The van der Waals surface area contributed by atoms with E-state index in [-0.39, 0.29) is 5.82 Å². The van der Waals surface area contributed by atoms with Gasteiger partial charge >= 0.3 is 0 Å². The second-order valence-electron chi connectivity index (χ2n) is 4.61. The van der Waals surface area contributed by atoms with Crippen molar-refractivity contribution in [3.05, 3.63) is 29.6 Å². The van der Waals surface area contributed by atoms with Crippen LogP contribution in [0.5, 0.6) is 0 Å². The van der Waals surface area contributed by atoms with Gasteiger partial charge in [-0.15, -0.1) is 11.8 Å². The molecular formula is C14H22FNS. The topological polar surface area (TPSA) is 12.0 Å². The number of benzene rings is 1. The summed E-state index contributed by atoms with van der Waals surface area (Å²) in [5.41, 5.74) is 1.07. The molecule has 0 amide bonds. The van der Waals surface area contributed by atoms with Crippen LogP contribution in [0.25, 0.3) is 0 Å². The summed E-state index contributed by atoms with van der Waals surface area (Å²) in [5, 5.41) is 3.33. The average molecular weight is 255 g/mol. The molecule has 1 N–H and O–H groups in total. The Morgan fingerprint density at radius 2 is 2.12 bits per heavy atom. The Morgan fingerprint density at radius 1 is 1.35 bits per heavy atom. The summed E-state index contributed by atoms with van der Waals surface area (Å²) in [7, 11) is 0. The van der Waals surface area contributed by atoms with Crippen molar-refractivity contribution >= 4 is 11.8 Å². The lowest BCUT2D eigenvalue weighted by Crippen LogP contribution is -2.14. The van der Waals surface area contributed by atoms with Crippen molar-refractivity contribution < 1.29 is 4.39 Å². The van der Waals surface area contributed by atoms with Crippen LogP contribution in [0, 0.1) is 11.7 Å². The van der Waals surface area contributed by atoms with Gasteiger partial charge in [0.2, 0.25) is 0 Å². The number of hydrogen-bond donors (Lipinski definition) is 1. The SMILES string of the molecule is CCCNCc1cccc(F)c1SCC(C)C. The van der Waals surface area contributed by atoms with Crippen LogP contribution in [-0.4, -0.2) is 12.3 Å². The monoisotopic (exact) mass is 255 g/mol. The van der Waals surface area contributed by atoms with Crippen molar-refractivity contribution in [2.45, 2.75) is 38.6 Å². The molecule has 0 aromatic heterocycles. The summed E-state index contributed by atoms with van der Waals surface area (Å²) in [6.07, 6.45) is 1.10. The fraction of sp³-hybridized carbons (Fsp3) is 0.571. The summed E-state index contributed by atoms with van der Waals surface area (Å²) in [6.45, 7) is 8.18. The van der Waals surface area contributed by atoms with Gasteiger partial charge < -0.3 is 5.32 Å². The zero-order chi connectivity index (χ0) is 12.7. The lowest BCUT2D eigenvalue weighted by atomic mass is 10.2. The molecule has 1 aromatic carbocycles. The maximum absolute atomic E-state index is 13.8. The second-order valence-corrected chi connectivity index (χ2v) is 5.64. The van der Waals surface area contributed by atoms with Crippen LogP contribution in [0.4, 0.5) is 4.39 Å². The van der Waals surface area contributed by atoms with E-state index < -0.39 is 0 Å². The summed E-state index contributed by atoms with van der Waals surface area (Å²) in [4.78, 5) is 0.810. The number of nitrogens with one attached hydrogen (secondary N) is 1. The van der Waals surface area contributed by atoms with Crippen LogP contribution in [0.3, 0.4) is 0 Å². The van der Waals surface area contributed by atoms with E-state index in [2.05, 4.69) is 26.1 Å². The van der Waals surface area contributed by atoms with E-state index in [1.165, 1.54) is 0 Å². The molecule has 0 radical (unpaired) electrons. The van der Waals surface area contributed by atoms with Crippen LogP contribution in [0.2, 0.25) is 0 Å². The van der Waals surface area contributed by atoms with Crippen LogP contribution in [0.15, 0.2) is 23.1 Å². The molecule has 0 fully saturated rings. The minimum Gasteiger partial charge on any atom is -0.313 e. The van der Waals surface area contributed by atoms with E-state index in [4.69, 9.17) is 0 Å². The molecule has 0 aliphatic rings. The number of hydrogen-bond acceptors (Lipinski definition) is 2. The quantitative estimate of drug-likeness (QED) is 0.582. The van der Waals surface area contributed by atoms with E-state index in [0.717, 1.165) is 35.7 Å². The lowest BCUT2D eigenvalue weighted by Gasteiger charge is -2.12. The number of thioether (sulfide) groups is 1. The molecule has 0 aliphatic carbocycles. The van der Waals surface area contributed by atoms with Gasteiger partial charge in [0.05, 0.1) is 0 Å². The standard InChI is InChI=1S/C14H22FNS/c1-4-8-16-9-12-6-5-7-13(15)14(12)17-10-11(2)3/h5-7,11,16H,4,8-10H2,1-3H3. The average Bonchev–Trinajstić information content (AvgIpc) is 2.28. The van der Waals surface area contributed by atoms with Gasteiger partial charge in [-0.3, -0.25) is 0 Å². The maximum atomic E-state index is 13.8. The third kappa shape index (κ3) is 5.09. The highest BCUT2D eigenvalue weighted by Crippen LogP contribution is 2.27. The molecule has 1 rings (SSSR count). The largest absolute Gasteiger partial charge is 0.313 e. The van der Waals surface area contributed by atoms with Gasteiger partial charge in [0.25, 0.3) is 0 Å². The molecule has 0 saturated carbocycles. The van der Waals surface area contributed by atoms with Gasteiger partial charge in [0.15, 0.2) is 0 Å². The molecule has 0 heterocycles. The Bertz CT molecular complexity index is 339. The van der Waals surface area contributed by atoms with Crippen molar-refractivity contribution in [3.8, 4) is 0 Å². The molecule has 17 heavy (non-hydrogen) atoms. The van der Waals surface area contributed by atoms with Gasteiger partial charge in [-0.25, -0.2) is 4.39 Å². The van der Waals surface area contributed by atoms with Gasteiger partial charge in [-0.2, -0.15) is 0 Å². The first-order valence-corrected chi connectivity index (χ1v) is 7.24. The van der Waals surface area contributed by atoms with E-state index >= 15 is 0 Å². The molecule has 0 aliphatic heterocycles. The highest BCUT2D eigenvalue weighted by atomic mass is 32.2. The highest BCUT2D eigenvalue weighted by Gasteiger charge is 2.09. The summed E-state index contributed by atoms with van der Waals surface area (Å²) >= 11 is 1.62. The smallest absolute Gasteiger partial charge is 0.137 e. The lowest BCUT2D eigenvalue weighted by molar-refractivity contribution is 0.588. The van der Waals surface area contributed by atoms with Gasteiger partial charge in [0.1, 0.15) is 5.82 Å². The highest BCUT2D eigenvalue weighted by molar-refractivity contribution is 7.99. The van der Waals surface area contributed by atoms with Gasteiger partial charge in [0, 0.05) is 17.2 Å². The van der Waals surface area contributed by atoms with Crippen molar-refractivity contribution in [3.63, 3.8) is 0 Å². The first kappa shape index (κ1) is 14.5. The molecule has 0 unspecified atom stereocenters. The first-order valence-electron chi connectivity index (χ1n) is 6.26. The Balaban J connectivity index is 2.69. The van der Waals surface area contributed by atoms with E-state index in [9.17, 15) is 4.39 Å². The molecule has 0 saturated heterocycles. The maximum Gasteiger partial charge on any atom is 0.137 e. The van der Waals surface area contributed by atoms with Crippen LogP contribution < -0.4 is 5.32 Å². The molecule has 96 valence electrons. The predicted octanol–water partition coefficient (Wildman–Crippen LogP) is 4.07. The van der Waals surface area contributed by atoms with E-state index in [0.29, 0.717) is 5.92 Å². The fourth-order valence-electron chi connectivity index (χ4n) is 1.50. The molecule has 1 nitrogen and oxygen atoms in total. The third-order valence-electron chi connectivity index (χ3n) is 2.35. The van der Waals surface area contributed by atoms with Crippen LogP contribution in [-0.2, 0) is 6.54 Å². The van der Waals surface area contributed by atoms with Gasteiger partial charge in [-0.1, -0.05) is 32.9 Å². The minimum absolute atomic E-state index is 0.0913. The van der Waals surface area contributed by atoms with Gasteiger partial charge in [-0.05, 0) is 30.5 Å². The van der Waals surface area contributed by atoms with Crippen LogP contribution >= 0.6 is 11.8 Å². The van der Waals surface area contributed by atoms with Crippen molar-refractivity contribution in [2.75, 3.05) is 12.3 Å². The molecule has 1 aromatic rings. The molecule has 0 bridgehead atoms. The van der Waals surface area contributed by atoms with Crippen molar-refractivity contribution in [1.82, 2.24) is 5.32 Å². The van der Waals surface area contributed by atoms with E-state index in [1.54, 1.807) is 23.9 Å². The normalized spacial score (nSPS) is 11.1. The molecular weight excluding hydrogens is 233 g/mol. The zero-order valence-electron chi connectivity index (χ0n) is 10.9. The summed E-state index contributed by atoms with van der Waals surface area (Å²) in [6, 6.07) is 5.35. The van der Waals surface area contributed by atoms with E-state index in [1.807, 2.05) is 6.07 Å². The molecule has 0 spiro atoms. The predicted molar refractivity (Wildman–Crippen MR) is 74.0 cm³/mol. The minimum atomic E-state index is -0.0913. The summed E-state index contributed by atoms with van der Waals surface area (Å²) in [5.74, 6) is 1.45. The van der Waals surface area contributed by atoms with Crippen LogP contribution in [0.1, 0.15) is 32.8 Å². The Hall–Kier alpha value is -0.540. The van der Waals surface area contributed by atoms with Crippen molar-refractivity contribution in [2.24, 2.45) is 5.92 Å². The Kier molecular flexibility index (Phi) is 6.60. The zero-order valence-corrected chi connectivity index (χ0v) is 11.7. The molecule has 3 heteroatoms. The number of halogens is 1. The summed E-state index contributed by atoms with van der Waals surface area (Å²) < 4.78 is 13.8. The third-order valence-corrected chi connectivity index (χ3v) is 3.93. The fourth-order valence-corrected chi connectivity index (χ4v) is 2.54. The number of rotatable bonds is 7.